The first-order valence-corrected chi connectivity index (χ1v) is 12.6. The first-order valence-electron chi connectivity index (χ1n) is 12.2. The van der Waals surface area contributed by atoms with Crippen molar-refractivity contribution in [1.29, 1.82) is 0 Å². The molecule has 0 aliphatic heterocycles. The summed E-state index contributed by atoms with van der Waals surface area (Å²) in [6, 6.07) is 13.4. The number of carbonyl (C=O) groups is 2. The molecule has 0 saturated heterocycles. The molecule has 1 aliphatic carbocycles. The molecule has 8 nitrogen and oxygen atoms in total. The smallest absolute Gasteiger partial charge is 0.260 e. The van der Waals surface area contributed by atoms with Crippen molar-refractivity contribution in [2.45, 2.75) is 44.2 Å². The topological polar surface area (TPSA) is 101 Å². The van der Waals surface area contributed by atoms with Gasteiger partial charge in [-0.3, -0.25) is 14.5 Å². The zero-order valence-electron chi connectivity index (χ0n) is 20.8. The predicted octanol–water partition coefficient (Wildman–Crippen LogP) is 5.29. The van der Waals surface area contributed by atoms with E-state index in [9.17, 15) is 14.7 Å². The summed E-state index contributed by atoms with van der Waals surface area (Å²) in [7, 11) is 3.03. The average molecular weight is 524 g/mol. The van der Waals surface area contributed by atoms with Crippen LogP contribution in [0.5, 0.6) is 17.2 Å². The zero-order chi connectivity index (χ0) is 26.4. The number of halogens is 1. The Kier molecular flexibility index (Phi) is 8.50. The van der Waals surface area contributed by atoms with Crippen LogP contribution in [-0.4, -0.2) is 42.2 Å². The number of benzene rings is 2. The van der Waals surface area contributed by atoms with Gasteiger partial charge in [0.2, 0.25) is 5.91 Å². The number of aromatic hydroxyl groups is 1. The fourth-order valence-corrected chi connectivity index (χ4v) is 4.71. The van der Waals surface area contributed by atoms with Crippen molar-refractivity contribution in [1.82, 2.24) is 10.3 Å². The Hall–Kier alpha value is -3.78. The molecular weight excluding hydrogens is 494 g/mol. The molecule has 2 N–H and O–H groups in total. The number of aromatic nitrogens is 1. The van der Waals surface area contributed by atoms with Gasteiger partial charge in [-0.15, -0.1) is 0 Å². The number of hydrogen-bond donors (Lipinski definition) is 2. The third-order valence-corrected chi connectivity index (χ3v) is 6.73. The van der Waals surface area contributed by atoms with E-state index < -0.39 is 11.9 Å². The minimum absolute atomic E-state index is 0.0282. The van der Waals surface area contributed by atoms with Gasteiger partial charge in [-0.25, -0.2) is 4.98 Å². The molecule has 1 unspecified atom stereocenters. The molecule has 2 amide bonds. The molecule has 0 spiro atoms. The lowest BCUT2D eigenvalue weighted by molar-refractivity contribution is -0.123. The number of phenols is 1. The number of nitrogens with one attached hydrogen (secondary N) is 1. The van der Waals surface area contributed by atoms with Crippen LogP contribution in [-0.2, 0) is 4.79 Å². The monoisotopic (exact) mass is 523 g/mol. The summed E-state index contributed by atoms with van der Waals surface area (Å²) in [4.78, 5) is 33.4. The van der Waals surface area contributed by atoms with Gasteiger partial charge in [-0.05, 0) is 54.8 Å². The lowest BCUT2D eigenvalue weighted by atomic mass is 9.94. The SMILES string of the molecule is COc1ccc(N(C(=O)c2ccc(Cl)nc2)C(C(=O)NC2CCCCC2)c2ccc(O)cc2)cc1OC. The van der Waals surface area contributed by atoms with Gasteiger partial charge in [0.15, 0.2) is 11.5 Å². The van der Waals surface area contributed by atoms with Crippen LogP contribution in [0.25, 0.3) is 0 Å². The van der Waals surface area contributed by atoms with Gasteiger partial charge in [0.1, 0.15) is 16.9 Å². The fourth-order valence-electron chi connectivity index (χ4n) is 4.60. The van der Waals surface area contributed by atoms with Crippen molar-refractivity contribution < 1.29 is 24.2 Å². The number of carbonyl (C=O) groups excluding carboxylic acids is 2. The lowest BCUT2D eigenvalue weighted by Gasteiger charge is -2.33. The average Bonchev–Trinajstić information content (AvgIpc) is 2.92. The first kappa shape index (κ1) is 26.3. The first-order chi connectivity index (χ1) is 17.9. The number of hydrogen-bond acceptors (Lipinski definition) is 6. The number of nitrogens with zero attached hydrogens (tertiary/aromatic N) is 2. The Labute approximate surface area is 221 Å². The molecular formula is C28H30ClN3O5. The van der Waals surface area contributed by atoms with E-state index in [1.807, 2.05) is 0 Å². The van der Waals surface area contributed by atoms with Crippen molar-refractivity contribution in [2.75, 3.05) is 19.1 Å². The van der Waals surface area contributed by atoms with E-state index in [4.69, 9.17) is 21.1 Å². The van der Waals surface area contributed by atoms with Gasteiger partial charge in [-0.2, -0.15) is 0 Å². The maximum absolute atomic E-state index is 14.0. The highest BCUT2D eigenvalue weighted by molar-refractivity contribution is 6.29. The van der Waals surface area contributed by atoms with Crippen LogP contribution >= 0.6 is 11.6 Å². The Morgan fingerprint density at radius 1 is 1.00 bits per heavy atom. The fraction of sp³-hybridized carbons (Fsp3) is 0.321. The minimum Gasteiger partial charge on any atom is -0.508 e. The second-order valence-electron chi connectivity index (χ2n) is 8.92. The van der Waals surface area contributed by atoms with Gasteiger partial charge in [0.05, 0.1) is 19.8 Å². The number of amides is 2. The molecule has 9 heteroatoms. The second kappa shape index (κ2) is 12.0. The molecule has 37 heavy (non-hydrogen) atoms. The van der Waals surface area contributed by atoms with Gasteiger partial charge in [-0.1, -0.05) is 43.0 Å². The van der Waals surface area contributed by atoms with E-state index in [1.54, 1.807) is 36.4 Å². The third kappa shape index (κ3) is 6.14. The molecule has 3 aromatic rings. The Balaban J connectivity index is 1.84. The van der Waals surface area contributed by atoms with Crippen molar-refractivity contribution in [2.24, 2.45) is 0 Å². The number of methoxy groups -OCH3 is 2. The Bertz CT molecular complexity index is 1230. The van der Waals surface area contributed by atoms with E-state index >= 15 is 0 Å². The van der Waals surface area contributed by atoms with Crippen molar-refractivity contribution in [3.63, 3.8) is 0 Å². The molecule has 1 saturated carbocycles. The van der Waals surface area contributed by atoms with Crippen molar-refractivity contribution in [3.8, 4) is 17.2 Å². The van der Waals surface area contributed by atoms with Gasteiger partial charge >= 0.3 is 0 Å². The normalized spacial score (nSPS) is 14.5. The van der Waals surface area contributed by atoms with Gasteiger partial charge in [0, 0.05) is 24.0 Å². The van der Waals surface area contributed by atoms with E-state index in [1.165, 1.54) is 43.5 Å². The molecule has 1 aliphatic rings. The zero-order valence-corrected chi connectivity index (χ0v) is 21.6. The van der Waals surface area contributed by atoms with E-state index in [0.717, 1.165) is 32.1 Å². The second-order valence-corrected chi connectivity index (χ2v) is 9.31. The largest absolute Gasteiger partial charge is 0.508 e. The van der Waals surface area contributed by atoms with Crippen LogP contribution in [0, 0.1) is 0 Å². The maximum Gasteiger partial charge on any atom is 0.260 e. The standard InChI is InChI=1S/C28H30ClN3O5/c1-36-23-14-11-21(16-24(23)37-2)32(28(35)19-10-15-25(29)30-17-19)26(18-8-12-22(33)13-9-18)27(34)31-20-6-4-3-5-7-20/h8-17,20,26,33H,3-7H2,1-2H3,(H,31,34). The quantitative estimate of drug-likeness (QED) is 0.389. The summed E-state index contributed by atoms with van der Waals surface area (Å²) in [5.41, 5.74) is 1.22. The summed E-state index contributed by atoms with van der Waals surface area (Å²) in [6.07, 6.45) is 6.39. The van der Waals surface area contributed by atoms with Crippen LogP contribution in [0.4, 0.5) is 5.69 Å². The lowest BCUT2D eigenvalue weighted by Crippen LogP contribution is -2.47. The van der Waals surface area contributed by atoms with Gasteiger partial charge < -0.3 is 19.9 Å². The highest BCUT2D eigenvalue weighted by atomic mass is 35.5. The van der Waals surface area contributed by atoms with Crippen LogP contribution in [0.15, 0.2) is 60.8 Å². The number of phenolic OH excluding ortho intramolecular Hbond substituents is 1. The summed E-state index contributed by atoms with van der Waals surface area (Å²) in [6.45, 7) is 0. The van der Waals surface area contributed by atoms with Crippen LogP contribution < -0.4 is 19.7 Å². The molecule has 4 rings (SSSR count). The van der Waals surface area contributed by atoms with Crippen molar-refractivity contribution >= 4 is 29.1 Å². The molecule has 1 atom stereocenters. The van der Waals surface area contributed by atoms with Crippen LogP contribution in [0.1, 0.15) is 54.1 Å². The number of rotatable bonds is 8. The summed E-state index contributed by atoms with van der Waals surface area (Å²) in [5, 5.41) is 13.3. The molecule has 1 heterocycles. The van der Waals surface area contributed by atoms with E-state index in [-0.39, 0.29) is 28.4 Å². The number of ether oxygens (including phenoxy) is 2. The minimum atomic E-state index is -1.04. The predicted molar refractivity (Wildman–Crippen MR) is 141 cm³/mol. The van der Waals surface area contributed by atoms with Crippen molar-refractivity contribution in [3.05, 3.63) is 77.1 Å². The molecule has 1 fully saturated rings. The molecule has 1 aromatic heterocycles. The number of pyridine rings is 1. The maximum atomic E-state index is 14.0. The Morgan fingerprint density at radius 2 is 1.70 bits per heavy atom. The van der Waals surface area contributed by atoms with E-state index in [0.29, 0.717) is 22.7 Å². The summed E-state index contributed by atoms with van der Waals surface area (Å²) >= 11 is 5.96. The Morgan fingerprint density at radius 3 is 2.32 bits per heavy atom. The molecule has 0 bridgehead atoms. The molecule has 2 aromatic carbocycles. The molecule has 194 valence electrons. The summed E-state index contributed by atoms with van der Waals surface area (Å²) in [5.74, 6) is 0.181. The van der Waals surface area contributed by atoms with Gasteiger partial charge in [0.25, 0.3) is 5.91 Å². The molecule has 0 radical (unpaired) electrons. The number of anilines is 1. The third-order valence-electron chi connectivity index (χ3n) is 6.51. The summed E-state index contributed by atoms with van der Waals surface area (Å²) < 4.78 is 10.9. The highest BCUT2D eigenvalue weighted by Crippen LogP contribution is 2.37. The van der Waals surface area contributed by atoms with E-state index in [2.05, 4.69) is 10.3 Å². The van der Waals surface area contributed by atoms with Crippen LogP contribution in [0.3, 0.4) is 0 Å². The van der Waals surface area contributed by atoms with Crippen LogP contribution in [0.2, 0.25) is 5.15 Å². The highest BCUT2D eigenvalue weighted by Gasteiger charge is 2.35.